The molecule has 0 bridgehead atoms. The normalized spacial score (nSPS) is 9.65. The maximum absolute atomic E-state index is 3.28. The summed E-state index contributed by atoms with van der Waals surface area (Å²) >= 11 is 0. The van der Waals surface area contributed by atoms with Gasteiger partial charge in [-0.25, -0.2) is 0 Å². The zero-order chi connectivity index (χ0) is 23.9. The van der Waals surface area contributed by atoms with Crippen molar-refractivity contribution in [2.45, 2.75) is 27.7 Å². The third-order valence-corrected chi connectivity index (χ3v) is 5.59. The minimum absolute atomic E-state index is 0.985. The van der Waals surface area contributed by atoms with Gasteiger partial charge in [-0.05, 0) is 99.5 Å². The van der Waals surface area contributed by atoms with Gasteiger partial charge in [0, 0.05) is 33.4 Å². The van der Waals surface area contributed by atoms with E-state index < -0.39 is 0 Å². The van der Waals surface area contributed by atoms with E-state index in [0.717, 1.165) is 44.5 Å². The Bertz CT molecular complexity index is 1400. The highest BCUT2D eigenvalue weighted by Gasteiger charge is 1.98. The molecule has 0 aliphatic heterocycles. The molecule has 0 nitrogen and oxygen atoms in total. The number of aryl methyl sites for hydroxylation is 4. The zero-order valence-electron chi connectivity index (χ0n) is 20.1. The summed E-state index contributed by atoms with van der Waals surface area (Å²) in [6.45, 7) is 8.32. The molecular formula is C34H26. The second-order valence-electron chi connectivity index (χ2n) is 8.54. The standard InChI is InChI=1S/C34H26/c1-25-5-9-29(10-6-25)15-19-33-21-17-31(23-27(33)3)13-14-32-18-22-34(28(4)24-32)20-16-30-11-7-26(2)8-12-30/h5-12,17-18,21-24H,1-4H3. The summed E-state index contributed by atoms with van der Waals surface area (Å²) in [4.78, 5) is 0. The Morgan fingerprint density at radius 1 is 0.353 bits per heavy atom. The molecule has 0 atom stereocenters. The van der Waals surface area contributed by atoms with Crippen LogP contribution in [-0.4, -0.2) is 0 Å². The Morgan fingerprint density at radius 2 is 0.676 bits per heavy atom. The summed E-state index contributed by atoms with van der Waals surface area (Å²) in [7, 11) is 0. The van der Waals surface area contributed by atoms with E-state index in [1.54, 1.807) is 0 Å². The van der Waals surface area contributed by atoms with Crippen LogP contribution in [0.1, 0.15) is 55.6 Å². The Hall–Kier alpha value is -4.44. The van der Waals surface area contributed by atoms with Crippen molar-refractivity contribution >= 4 is 0 Å². The second-order valence-corrected chi connectivity index (χ2v) is 8.54. The third-order valence-electron chi connectivity index (χ3n) is 5.59. The molecule has 0 aromatic heterocycles. The van der Waals surface area contributed by atoms with Crippen molar-refractivity contribution in [1.29, 1.82) is 0 Å². The number of hydrogen-bond acceptors (Lipinski definition) is 0. The van der Waals surface area contributed by atoms with Crippen molar-refractivity contribution < 1.29 is 0 Å². The predicted octanol–water partition coefficient (Wildman–Crippen LogP) is 7.12. The topological polar surface area (TPSA) is 0 Å². The second kappa shape index (κ2) is 10.5. The summed E-state index contributed by atoms with van der Waals surface area (Å²) in [5, 5.41) is 0. The zero-order valence-corrected chi connectivity index (χ0v) is 20.1. The van der Waals surface area contributed by atoms with Gasteiger partial charge in [-0.2, -0.15) is 0 Å². The van der Waals surface area contributed by atoms with Gasteiger partial charge in [0.2, 0.25) is 0 Å². The third kappa shape index (κ3) is 6.08. The monoisotopic (exact) mass is 434 g/mol. The summed E-state index contributed by atoms with van der Waals surface area (Å²) in [5.41, 5.74) is 10.8. The van der Waals surface area contributed by atoms with Crippen LogP contribution in [0.4, 0.5) is 0 Å². The van der Waals surface area contributed by atoms with E-state index in [-0.39, 0.29) is 0 Å². The summed E-state index contributed by atoms with van der Waals surface area (Å²) in [6, 6.07) is 28.9. The van der Waals surface area contributed by atoms with Crippen molar-refractivity contribution in [3.05, 3.63) is 141 Å². The first-order valence-corrected chi connectivity index (χ1v) is 11.4. The Morgan fingerprint density at radius 3 is 1.03 bits per heavy atom. The molecule has 0 N–H and O–H groups in total. The summed E-state index contributed by atoms with van der Waals surface area (Å²) in [6.07, 6.45) is 0. The molecule has 162 valence electrons. The van der Waals surface area contributed by atoms with E-state index in [1.165, 1.54) is 11.1 Å². The van der Waals surface area contributed by atoms with Gasteiger partial charge in [0.15, 0.2) is 0 Å². The molecular weight excluding hydrogens is 408 g/mol. The molecule has 4 aromatic carbocycles. The molecule has 0 saturated carbocycles. The van der Waals surface area contributed by atoms with Crippen molar-refractivity contribution in [3.63, 3.8) is 0 Å². The quantitative estimate of drug-likeness (QED) is 0.259. The molecule has 4 aromatic rings. The van der Waals surface area contributed by atoms with Gasteiger partial charge in [-0.3, -0.25) is 0 Å². The molecule has 34 heavy (non-hydrogen) atoms. The maximum atomic E-state index is 3.28. The fourth-order valence-electron chi connectivity index (χ4n) is 3.46. The van der Waals surface area contributed by atoms with Gasteiger partial charge < -0.3 is 0 Å². The van der Waals surface area contributed by atoms with E-state index >= 15 is 0 Å². The smallest absolute Gasteiger partial charge is 0.0279 e. The van der Waals surface area contributed by atoms with Crippen LogP contribution in [0.25, 0.3) is 0 Å². The van der Waals surface area contributed by atoms with E-state index in [9.17, 15) is 0 Å². The summed E-state index contributed by atoms with van der Waals surface area (Å²) in [5.74, 6) is 19.6. The predicted molar refractivity (Wildman–Crippen MR) is 143 cm³/mol. The van der Waals surface area contributed by atoms with Gasteiger partial charge in [-0.1, -0.05) is 70.9 Å². The van der Waals surface area contributed by atoms with Gasteiger partial charge >= 0.3 is 0 Å². The lowest BCUT2D eigenvalue weighted by molar-refractivity contribution is 1.41. The number of hydrogen-bond donors (Lipinski definition) is 0. The van der Waals surface area contributed by atoms with E-state index in [1.807, 2.05) is 12.1 Å². The lowest BCUT2D eigenvalue weighted by Gasteiger charge is -2.00. The van der Waals surface area contributed by atoms with E-state index in [2.05, 4.69) is 136 Å². The lowest BCUT2D eigenvalue weighted by Crippen LogP contribution is -1.86. The first kappa shape index (κ1) is 22.7. The first-order chi connectivity index (χ1) is 16.5. The van der Waals surface area contributed by atoms with Crippen LogP contribution in [0.2, 0.25) is 0 Å². The molecule has 0 radical (unpaired) electrons. The van der Waals surface area contributed by atoms with Crippen LogP contribution in [0, 0.1) is 63.2 Å². The van der Waals surface area contributed by atoms with Gasteiger partial charge in [0.1, 0.15) is 0 Å². The fraction of sp³-hybridized carbons (Fsp3) is 0.118. The average molecular weight is 435 g/mol. The van der Waals surface area contributed by atoms with Crippen LogP contribution >= 0.6 is 0 Å². The first-order valence-electron chi connectivity index (χ1n) is 11.4. The van der Waals surface area contributed by atoms with Crippen molar-refractivity contribution in [2.24, 2.45) is 0 Å². The largest absolute Gasteiger partial charge is 0.0616 e. The van der Waals surface area contributed by atoms with Crippen molar-refractivity contribution in [1.82, 2.24) is 0 Å². The molecule has 0 fully saturated rings. The van der Waals surface area contributed by atoms with E-state index in [0.29, 0.717) is 0 Å². The van der Waals surface area contributed by atoms with Crippen LogP contribution < -0.4 is 0 Å². The van der Waals surface area contributed by atoms with Crippen LogP contribution in [0.15, 0.2) is 84.9 Å². The molecule has 0 spiro atoms. The lowest BCUT2D eigenvalue weighted by atomic mass is 10.0. The van der Waals surface area contributed by atoms with Crippen LogP contribution in [0.3, 0.4) is 0 Å². The highest BCUT2D eigenvalue weighted by Crippen LogP contribution is 2.13. The Balaban J connectivity index is 1.48. The van der Waals surface area contributed by atoms with Crippen LogP contribution in [0.5, 0.6) is 0 Å². The molecule has 4 rings (SSSR count). The maximum Gasteiger partial charge on any atom is 0.0279 e. The highest BCUT2D eigenvalue weighted by molar-refractivity contribution is 5.53. The molecule has 0 heteroatoms. The van der Waals surface area contributed by atoms with Gasteiger partial charge in [-0.15, -0.1) is 0 Å². The molecule has 0 saturated heterocycles. The van der Waals surface area contributed by atoms with Gasteiger partial charge in [0.05, 0.1) is 0 Å². The minimum atomic E-state index is 0.985. The SMILES string of the molecule is Cc1ccc(C#Cc2ccc(C#Cc3ccc(C#Cc4ccc(C)cc4)c(C)c3)cc2C)cc1. The number of rotatable bonds is 0. The molecule has 0 amide bonds. The van der Waals surface area contributed by atoms with Crippen molar-refractivity contribution in [2.75, 3.05) is 0 Å². The Kier molecular flexibility index (Phi) is 6.99. The minimum Gasteiger partial charge on any atom is -0.0616 e. The molecule has 0 heterocycles. The Labute approximate surface area is 203 Å². The highest BCUT2D eigenvalue weighted by atomic mass is 14.0. The fourth-order valence-corrected chi connectivity index (χ4v) is 3.46. The molecule has 0 aliphatic rings. The van der Waals surface area contributed by atoms with Crippen LogP contribution in [-0.2, 0) is 0 Å². The average Bonchev–Trinajstić information content (AvgIpc) is 2.83. The molecule has 0 unspecified atom stereocenters. The molecule has 0 aliphatic carbocycles. The number of benzene rings is 4. The van der Waals surface area contributed by atoms with Gasteiger partial charge in [0.25, 0.3) is 0 Å². The van der Waals surface area contributed by atoms with Crippen molar-refractivity contribution in [3.8, 4) is 35.5 Å². The summed E-state index contributed by atoms with van der Waals surface area (Å²) < 4.78 is 0. The van der Waals surface area contributed by atoms with E-state index in [4.69, 9.17) is 0 Å².